The molecule has 0 fully saturated rings. The fourth-order valence-electron chi connectivity index (χ4n) is 4.39. The molecule has 0 spiro atoms. The van der Waals surface area contributed by atoms with Gasteiger partial charge in [-0.3, -0.25) is 0 Å². The molecule has 0 bridgehead atoms. The van der Waals surface area contributed by atoms with Crippen molar-refractivity contribution in [1.29, 1.82) is 0 Å². The molecule has 0 aromatic heterocycles. The predicted octanol–water partition coefficient (Wildman–Crippen LogP) is 6.11. The zero-order chi connectivity index (χ0) is 16.1. The smallest absolute Gasteiger partial charge is 0.0104 e. The SMILES string of the molecule is Cc1cccc2c1C(C)(C)CC2c1ccccc1C(C)(C)C. The molecule has 2 aromatic rings. The normalized spacial score (nSPS) is 20.0. The Bertz CT molecular complexity index is 698. The Morgan fingerprint density at radius 1 is 0.909 bits per heavy atom. The third-order valence-electron chi connectivity index (χ3n) is 5.22. The Morgan fingerprint density at radius 2 is 1.55 bits per heavy atom. The second-order valence-corrected chi connectivity index (χ2v) is 8.52. The highest BCUT2D eigenvalue weighted by Crippen LogP contribution is 2.51. The Balaban J connectivity index is 2.20. The highest BCUT2D eigenvalue weighted by molar-refractivity contribution is 5.52. The van der Waals surface area contributed by atoms with Crippen LogP contribution in [0.4, 0.5) is 0 Å². The average Bonchev–Trinajstić information content (AvgIpc) is 2.71. The number of benzene rings is 2. The summed E-state index contributed by atoms with van der Waals surface area (Å²) in [6.07, 6.45) is 1.21. The van der Waals surface area contributed by atoms with Gasteiger partial charge < -0.3 is 0 Å². The van der Waals surface area contributed by atoms with E-state index in [1.54, 1.807) is 11.1 Å². The molecule has 0 radical (unpaired) electrons. The van der Waals surface area contributed by atoms with Crippen molar-refractivity contribution in [3.8, 4) is 0 Å². The lowest BCUT2D eigenvalue weighted by atomic mass is 9.77. The summed E-state index contributed by atoms with van der Waals surface area (Å²) in [7, 11) is 0. The molecule has 1 unspecified atom stereocenters. The first kappa shape index (κ1) is 15.3. The number of fused-ring (bicyclic) bond motifs is 1. The highest BCUT2D eigenvalue weighted by Gasteiger charge is 2.39. The van der Waals surface area contributed by atoms with Crippen LogP contribution in [-0.4, -0.2) is 0 Å². The van der Waals surface area contributed by atoms with Crippen molar-refractivity contribution in [2.45, 2.75) is 64.7 Å². The van der Waals surface area contributed by atoms with Gasteiger partial charge in [0, 0.05) is 5.92 Å². The first-order valence-electron chi connectivity index (χ1n) is 8.41. The van der Waals surface area contributed by atoms with Crippen molar-refractivity contribution in [3.63, 3.8) is 0 Å². The van der Waals surface area contributed by atoms with Crippen LogP contribution in [0, 0.1) is 6.92 Å². The second-order valence-electron chi connectivity index (χ2n) is 8.52. The molecule has 3 rings (SSSR count). The largest absolute Gasteiger partial charge is 0.0620 e. The van der Waals surface area contributed by atoms with Gasteiger partial charge in [0.2, 0.25) is 0 Å². The summed E-state index contributed by atoms with van der Waals surface area (Å²) in [5, 5.41) is 0. The monoisotopic (exact) mass is 292 g/mol. The van der Waals surface area contributed by atoms with Crippen molar-refractivity contribution in [2.75, 3.05) is 0 Å². The second kappa shape index (κ2) is 4.98. The lowest BCUT2D eigenvalue weighted by molar-refractivity contribution is 0.490. The first-order chi connectivity index (χ1) is 10.2. The van der Waals surface area contributed by atoms with Crippen molar-refractivity contribution in [1.82, 2.24) is 0 Å². The topological polar surface area (TPSA) is 0 Å². The van der Waals surface area contributed by atoms with Gasteiger partial charge >= 0.3 is 0 Å². The lowest BCUT2D eigenvalue weighted by Gasteiger charge is -2.27. The van der Waals surface area contributed by atoms with Gasteiger partial charge in [0.15, 0.2) is 0 Å². The molecule has 2 aromatic carbocycles. The standard InChI is InChI=1S/C22H28/c1-15-10-9-12-17-18(14-22(5,6)20(15)17)16-11-7-8-13-19(16)21(2,3)4/h7-13,18H,14H2,1-6H3. The molecule has 0 aliphatic heterocycles. The summed E-state index contributed by atoms with van der Waals surface area (Å²) in [6.45, 7) is 14.0. The van der Waals surface area contributed by atoms with Crippen LogP contribution in [0.15, 0.2) is 42.5 Å². The Morgan fingerprint density at radius 3 is 2.23 bits per heavy atom. The molecule has 0 saturated heterocycles. The minimum Gasteiger partial charge on any atom is -0.0620 e. The molecule has 116 valence electrons. The van der Waals surface area contributed by atoms with E-state index in [9.17, 15) is 0 Å². The van der Waals surface area contributed by atoms with E-state index in [1.807, 2.05) is 0 Å². The minimum absolute atomic E-state index is 0.188. The van der Waals surface area contributed by atoms with Crippen LogP contribution in [0.25, 0.3) is 0 Å². The van der Waals surface area contributed by atoms with Gasteiger partial charge in [-0.2, -0.15) is 0 Å². The van der Waals surface area contributed by atoms with E-state index in [-0.39, 0.29) is 10.8 Å². The van der Waals surface area contributed by atoms with E-state index in [1.165, 1.54) is 23.1 Å². The molecule has 0 saturated carbocycles. The van der Waals surface area contributed by atoms with Gasteiger partial charge in [-0.1, -0.05) is 77.1 Å². The Labute approximate surface area is 135 Å². The summed E-state index contributed by atoms with van der Waals surface area (Å²) in [5.41, 5.74) is 8.02. The predicted molar refractivity (Wildman–Crippen MR) is 95.8 cm³/mol. The number of rotatable bonds is 1. The van der Waals surface area contributed by atoms with Crippen LogP contribution in [0.3, 0.4) is 0 Å². The minimum atomic E-state index is 0.188. The van der Waals surface area contributed by atoms with Gasteiger partial charge in [0.05, 0.1) is 0 Å². The summed E-state index contributed by atoms with van der Waals surface area (Å²) < 4.78 is 0. The van der Waals surface area contributed by atoms with E-state index in [0.29, 0.717) is 5.92 Å². The average molecular weight is 292 g/mol. The fourth-order valence-corrected chi connectivity index (χ4v) is 4.39. The molecule has 0 nitrogen and oxygen atoms in total. The van der Waals surface area contributed by atoms with Crippen LogP contribution in [0.1, 0.15) is 74.8 Å². The zero-order valence-corrected chi connectivity index (χ0v) is 14.8. The first-order valence-corrected chi connectivity index (χ1v) is 8.41. The molecule has 1 aliphatic rings. The number of hydrogen-bond donors (Lipinski definition) is 0. The van der Waals surface area contributed by atoms with Crippen molar-refractivity contribution in [2.24, 2.45) is 0 Å². The third-order valence-corrected chi connectivity index (χ3v) is 5.22. The van der Waals surface area contributed by atoms with Gasteiger partial charge in [-0.15, -0.1) is 0 Å². The maximum absolute atomic E-state index is 2.40. The van der Waals surface area contributed by atoms with Crippen molar-refractivity contribution in [3.05, 3.63) is 70.3 Å². The molecule has 22 heavy (non-hydrogen) atoms. The molecule has 1 aliphatic carbocycles. The quantitative estimate of drug-likeness (QED) is 0.595. The summed E-state index contributed by atoms with van der Waals surface area (Å²) >= 11 is 0. The summed E-state index contributed by atoms with van der Waals surface area (Å²) in [6, 6.07) is 15.9. The molecule has 0 N–H and O–H groups in total. The maximum atomic E-state index is 2.40. The van der Waals surface area contributed by atoms with E-state index >= 15 is 0 Å². The van der Waals surface area contributed by atoms with Crippen molar-refractivity contribution >= 4 is 0 Å². The molecular formula is C22H28. The van der Waals surface area contributed by atoms with Crippen LogP contribution in [0.5, 0.6) is 0 Å². The maximum Gasteiger partial charge on any atom is 0.0104 e. The molecule has 0 amide bonds. The van der Waals surface area contributed by atoms with Gasteiger partial charge in [-0.05, 0) is 52.0 Å². The third kappa shape index (κ3) is 2.39. The van der Waals surface area contributed by atoms with E-state index in [2.05, 4.69) is 84.0 Å². The van der Waals surface area contributed by atoms with Crippen LogP contribution >= 0.6 is 0 Å². The van der Waals surface area contributed by atoms with E-state index in [0.717, 1.165) is 0 Å². The van der Waals surface area contributed by atoms with E-state index in [4.69, 9.17) is 0 Å². The number of aryl methyl sites for hydroxylation is 1. The molecular weight excluding hydrogens is 264 g/mol. The van der Waals surface area contributed by atoms with Crippen LogP contribution < -0.4 is 0 Å². The molecule has 0 heteroatoms. The Hall–Kier alpha value is -1.56. The Kier molecular flexibility index (Phi) is 3.47. The van der Waals surface area contributed by atoms with E-state index < -0.39 is 0 Å². The van der Waals surface area contributed by atoms with Crippen LogP contribution in [-0.2, 0) is 10.8 Å². The molecule has 1 atom stereocenters. The lowest BCUT2D eigenvalue weighted by Crippen LogP contribution is -2.17. The highest BCUT2D eigenvalue weighted by atomic mass is 14.4. The van der Waals surface area contributed by atoms with Crippen LogP contribution in [0.2, 0.25) is 0 Å². The summed E-state index contributed by atoms with van der Waals surface area (Å²) in [4.78, 5) is 0. The number of hydrogen-bond acceptors (Lipinski definition) is 0. The van der Waals surface area contributed by atoms with Crippen molar-refractivity contribution < 1.29 is 0 Å². The molecule has 0 heterocycles. The van der Waals surface area contributed by atoms with Gasteiger partial charge in [0.1, 0.15) is 0 Å². The zero-order valence-electron chi connectivity index (χ0n) is 14.8. The summed E-state index contributed by atoms with van der Waals surface area (Å²) in [5.74, 6) is 0.528. The van der Waals surface area contributed by atoms with Gasteiger partial charge in [0.25, 0.3) is 0 Å². The van der Waals surface area contributed by atoms with Gasteiger partial charge in [-0.25, -0.2) is 0 Å². The fraction of sp³-hybridized carbons (Fsp3) is 0.455.